The third kappa shape index (κ3) is 2.64. The Morgan fingerprint density at radius 3 is 2.76 bits per heavy atom. The topological polar surface area (TPSA) is 57.6 Å². The van der Waals surface area contributed by atoms with Gasteiger partial charge in [-0.3, -0.25) is 9.59 Å². The fourth-order valence-electron chi connectivity index (χ4n) is 2.37. The first-order chi connectivity index (χ1) is 8.20. The maximum Gasteiger partial charge on any atom is 0.323 e. The monoisotopic (exact) mass is 233 g/mol. The number of carboxylic acids is 1. The summed E-state index contributed by atoms with van der Waals surface area (Å²) in [6.45, 7) is -0.212. The smallest absolute Gasteiger partial charge is 0.323 e. The number of carboxylic acid groups (broad SMARTS) is 1. The van der Waals surface area contributed by atoms with Crippen LogP contribution >= 0.6 is 0 Å². The van der Waals surface area contributed by atoms with Crippen LogP contribution in [0.5, 0.6) is 0 Å². The molecule has 1 aromatic carbocycles. The summed E-state index contributed by atoms with van der Waals surface area (Å²) in [4.78, 5) is 23.0. The van der Waals surface area contributed by atoms with Gasteiger partial charge in [0, 0.05) is 6.04 Å². The van der Waals surface area contributed by atoms with Crippen molar-refractivity contribution in [3.8, 4) is 0 Å². The third-order valence-electron chi connectivity index (χ3n) is 3.24. The number of hydrogen-bond donors (Lipinski definition) is 1. The molecule has 0 saturated carbocycles. The summed E-state index contributed by atoms with van der Waals surface area (Å²) < 4.78 is 0. The number of aryl methyl sites for hydroxylation is 1. The first-order valence-electron chi connectivity index (χ1n) is 5.70. The lowest BCUT2D eigenvalue weighted by atomic mass is 9.88. The molecule has 1 aliphatic carbocycles. The molecule has 17 heavy (non-hydrogen) atoms. The van der Waals surface area contributed by atoms with E-state index in [1.54, 1.807) is 0 Å². The van der Waals surface area contributed by atoms with Gasteiger partial charge in [0.15, 0.2) is 0 Å². The van der Waals surface area contributed by atoms with Crippen LogP contribution in [0, 0.1) is 0 Å². The molecule has 1 atom stereocenters. The Hall–Kier alpha value is -1.84. The summed E-state index contributed by atoms with van der Waals surface area (Å²) in [5.41, 5.74) is 2.53. The average Bonchev–Trinajstić information content (AvgIpc) is 2.35. The molecule has 1 aliphatic rings. The zero-order chi connectivity index (χ0) is 12.3. The Bertz CT molecular complexity index is 430. The van der Waals surface area contributed by atoms with Crippen molar-refractivity contribution in [2.45, 2.75) is 25.3 Å². The van der Waals surface area contributed by atoms with Crippen LogP contribution in [-0.4, -0.2) is 35.0 Å². The maximum absolute atomic E-state index is 10.9. The lowest BCUT2D eigenvalue weighted by Gasteiger charge is -2.31. The van der Waals surface area contributed by atoms with E-state index >= 15 is 0 Å². The SMILES string of the molecule is O=CN(CC(=O)O)C1CCc2ccccc2C1. The van der Waals surface area contributed by atoms with Gasteiger partial charge in [-0.15, -0.1) is 0 Å². The highest BCUT2D eigenvalue weighted by molar-refractivity contribution is 5.72. The molecule has 0 aromatic heterocycles. The van der Waals surface area contributed by atoms with Gasteiger partial charge in [-0.25, -0.2) is 0 Å². The number of benzene rings is 1. The van der Waals surface area contributed by atoms with E-state index in [4.69, 9.17) is 5.11 Å². The van der Waals surface area contributed by atoms with Crippen molar-refractivity contribution in [1.82, 2.24) is 4.90 Å². The molecule has 1 amide bonds. The molecule has 0 saturated heterocycles. The minimum absolute atomic E-state index is 0.0125. The first kappa shape index (κ1) is 11.6. The summed E-state index contributed by atoms with van der Waals surface area (Å²) >= 11 is 0. The Balaban J connectivity index is 2.10. The number of carbonyl (C=O) groups is 2. The number of hydrogen-bond acceptors (Lipinski definition) is 2. The highest BCUT2D eigenvalue weighted by Crippen LogP contribution is 2.23. The molecule has 1 unspecified atom stereocenters. The van der Waals surface area contributed by atoms with Crippen molar-refractivity contribution in [2.75, 3.05) is 6.54 Å². The van der Waals surface area contributed by atoms with Crippen molar-refractivity contribution in [3.05, 3.63) is 35.4 Å². The van der Waals surface area contributed by atoms with E-state index in [0.29, 0.717) is 6.41 Å². The van der Waals surface area contributed by atoms with E-state index in [2.05, 4.69) is 6.07 Å². The molecule has 0 heterocycles. The van der Waals surface area contributed by atoms with Crippen LogP contribution in [0.1, 0.15) is 17.5 Å². The summed E-state index contributed by atoms with van der Waals surface area (Å²) in [6, 6.07) is 8.13. The van der Waals surface area contributed by atoms with E-state index in [1.165, 1.54) is 16.0 Å². The second kappa shape index (κ2) is 4.99. The highest BCUT2D eigenvalue weighted by atomic mass is 16.4. The molecule has 90 valence electrons. The largest absolute Gasteiger partial charge is 0.480 e. The van der Waals surface area contributed by atoms with E-state index in [-0.39, 0.29) is 12.6 Å². The third-order valence-corrected chi connectivity index (χ3v) is 3.24. The molecule has 1 N–H and O–H groups in total. The van der Waals surface area contributed by atoms with Crippen molar-refractivity contribution in [2.24, 2.45) is 0 Å². The fraction of sp³-hybridized carbons (Fsp3) is 0.385. The lowest BCUT2D eigenvalue weighted by molar-refractivity contribution is -0.142. The van der Waals surface area contributed by atoms with Gasteiger partial charge in [-0.1, -0.05) is 24.3 Å². The quantitative estimate of drug-likeness (QED) is 0.792. The van der Waals surface area contributed by atoms with Crippen molar-refractivity contribution >= 4 is 12.4 Å². The minimum atomic E-state index is -0.962. The Labute approximate surface area is 99.9 Å². The number of fused-ring (bicyclic) bond motifs is 1. The van der Waals surface area contributed by atoms with Gasteiger partial charge >= 0.3 is 5.97 Å². The van der Waals surface area contributed by atoms with Gasteiger partial charge < -0.3 is 10.0 Å². The molecule has 0 radical (unpaired) electrons. The number of rotatable bonds is 4. The minimum Gasteiger partial charge on any atom is -0.480 e. The van der Waals surface area contributed by atoms with Crippen molar-refractivity contribution < 1.29 is 14.7 Å². The predicted molar refractivity (Wildman–Crippen MR) is 62.7 cm³/mol. The van der Waals surface area contributed by atoms with Gasteiger partial charge in [0.1, 0.15) is 6.54 Å². The Morgan fingerprint density at radius 1 is 1.41 bits per heavy atom. The van der Waals surface area contributed by atoms with Crippen LogP contribution in [0.4, 0.5) is 0 Å². The summed E-state index contributed by atoms with van der Waals surface area (Å²) in [5.74, 6) is -0.962. The number of carbonyl (C=O) groups excluding carboxylic acids is 1. The molecular formula is C13H15NO3. The second-order valence-corrected chi connectivity index (χ2v) is 4.34. The van der Waals surface area contributed by atoms with Crippen LogP contribution in [0.25, 0.3) is 0 Å². The lowest BCUT2D eigenvalue weighted by Crippen LogP contribution is -2.41. The molecule has 4 nitrogen and oxygen atoms in total. The highest BCUT2D eigenvalue weighted by Gasteiger charge is 2.24. The van der Waals surface area contributed by atoms with Crippen LogP contribution in [-0.2, 0) is 22.4 Å². The number of amides is 1. The van der Waals surface area contributed by atoms with E-state index in [1.807, 2.05) is 18.2 Å². The zero-order valence-corrected chi connectivity index (χ0v) is 9.50. The normalized spacial score (nSPS) is 18.2. The molecular weight excluding hydrogens is 218 g/mol. The van der Waals surface area contributed by atoms with E-state index in [9.17, 15) is 9.59 Å². The van der Waals surface area contributed by atoms with Crippen LogP contribution in [0.2, 0.25) is 0 Å². The van der Waals surface area contributed by atoms with E-state index < -0.39 is 5.97 Å². The van der Waals surface area contributed by atoms with Crippen LogP contribution in [0.15, 0.2) is 24.3 Å². The van der Waals surface area contributed by atoms with Gasteiger partial charge in [0.25, 0.3) is 0 Å². The first-order valence-corrected chi connectivity index (χ1v) is 5.70. The standard InChI is InChI=1S/C13H15NO3/c15-9-14(8-13(16)17)12-6-5-10-3-1-2-4-11(10)7-12/h1-4,9,12H,5-8H2,(H,16,17). The Morgan fingerprint density at radius 2 is 2.12 bits per heavy atom. The van der Waals surface area contributed by atoms with Crippen LogP contribution < -0.4 is 0 Å². The van der Waals surface area contributed by atoms with Crippen LogP contribution in [0.3, 0.4) is 0 Å². The maximum atomic E-state index is 10.9. The molecule has 0 bridgehead atoms. The number of nitrogens with zero attached hydrogens (tertiary/aromatic N) is 1. The summed E-state index contributed by atoms with van der Waals surface area (Å²) in [5, 5.41) is 8.74. The van der Waals surface area contributed by atoms with Gasteiger partial charge in [0.05, 0.1) is 0 Å². The second-order valence-electron chi connectivity index (χ2n) is 4.34. The van der Waals surface area contributed by atoms with Crippen molar-refractivity contribution in [3.63, 3.8) is 0 Å². The fourth-order valence-corrected chi connectivity index (χ4v) is 2.37. The predicted octanol–water partition coefficient (Wildman–Crippen LogP) is 1.09. The van der Waals surface area contributed by atoms with Crippen molar-refractivity contribution in [1.29, 1.82) is 0 Å². The average molecular weight is 233 g/mol. The number of aliphatic carboxylic acids is 1. The van der Waals surface area contributed by atoms with Gasteiger partial charge in [-0.05, 0) is 30.4 Å². The molecule has 0 spiro atoms. The summed E-state index contributed by atoms with van der Waals surface area (Å²) in [6.07, 6.45) is 3.14. The Kier molecular flexibility index (Phi) is 3.42. The molecule has 2 rings (SSSR count). The molecule has 0 fully saturated rings. The van der Waals surface area contributed by atoms with E-state index in [0.717, 1.165) is 19.3 Å². The molecule has 4 heteroatoms. The molecule has 1 aromatic rings. The van der Waals surface area contributed by atoms with Gasteiger partial charge in [-0.2, -0.15) is 0 Å². The molecule has 0 aliphatic heterocycles. The van der Waals surface area contributed by atoms with Gasteiger partial charge in [0.2, 0.25) is 6.41 Å². The zero-order valence-electron chi connectivity index (χ0n) is 9.50. The summed E-state index contributed by atoms with van der Waals surface area (Å²) in [7, 11) is 0.